The quantitative estimate of drug-likeness (QED) is 0.699. The summed E-state index contributed by atoms with van der Waals surface area (Å²) in [5.41, 5.74) is 2.65. The van der Waals surface area contributed by atoms with Crippen molar-refractivity contribution in [2.75, 3.05) is 43.4 Å². The average Bonchev–Trinajstić information content (AvgIpc) is 3.01. The highest BCUT2D eigenvalue weighted by atomic mass is 32.2. The molecule has 2 heterocycles. The molecular weight excluding hydrogens is 414 g/mol. The highest BCUT2D eigenvalue weighted by Gasteiger charge is 2.37. The first kappa shape index (κ1) is 21.8. The lowest BCUT2D eigenvalue weighted by molar-refractivity contribution is -0.122. The number of carbonyl (C=O) groups is 1. The first-order valence-electron chi connectivity index (χ1n) is 12.3. The molecule has 1 aliphatic carbocycles. The van der Waals surface area contributed by atoms with E-state index in [4.69, 9.17) is 0 Å². The minimum atomic E-state index is 0.175. The van der Waals surface area contributed by atoms with Crippen molar-refractivity contribution >= 4 is 23.4 Å². The molecule has 2 aromatic rings. The SMILES string of the molecule is O=C(CCN1CCN(c2ccccc2)CC1)N[C@H]1c2ccccc2SC[C@@H]2CCCC[C@H]21. The van der Waals surface area contributed by atoms with Crippen LogP contribution in [0.4, 0.5) is 5.69 Å². The van der Waals surface area contributed by atoms with Crippen molar-refractivity contribution in [1.29, 1.82) is 0 Å². The van der Waals surface area contributed by atoms with Gasteiger partial charge in [-0.1, -0.05) is 49.2 Å². The number of benzene rings is 2. The van der Waals surface area contributed by atoms with Crippen LogP contribution in [0.25, 0.3) is 0 Å². The van der Waals surface area contributed by atoms with Gasteiger partial charge in [-0.15, -0.1) is 11.8 Å². The van der Waals surface area contributed by atoms with Crippen molar-refractivity contribution < 1.29 is 4.79 Å². The summed E-state index contributed by atoms with van der Waals surface area (Å²) in [5, 5.41) is 3.50. The van der Waals surface area contributed by atoms with Gasteiger partial charge in [-0.3, -0.25) is 9.69 Å². The molecule has 2 aliphatic heterocycles. The van der Waals surface area contributed by atoms with Crippen molar-refractivity contribution in [2.24, 2.45) is 11.8 Å². The van der Waals surface area contributed by atoms with Gasteiger partial charge in [0, 0.05) is 55.5 Å². The average molecular weight is 450 g/mol. The number of thioether (sulfide) groups is 1. The molecule has 0 radical (unpaired) electrons. The smallest absolute Gasteiger partial charge is 0.221 e. The topological polar surface area (TPSA) is 35.6 Å². The summed E-state index contributed by atoms with van der Waals surface area (Å²) in [5.74, 6) is 2.71. The summed E-state index contributed by atoms with van der Waals surface area (Å²) in [6.07, 6.45) is 5.78. The summed E-state index contributed by atoms with van der Waals surface area (Å²) in [6.45, 7) is 4.96. The van der Waals surface area contributed by atoms with Gasteiger partial charge in [-0.05, 0) is 48.4 Å². The van der Waals surface area contributed by atoms with Crippen LogP contribution in [0.3, 0.4) is 0 Å². The summed E-state index contributed by atoms with van der Waals surface area (Å²) in [7, 11) is 0. The fourth-order valence-corrected chi connectivity index (χ4v) is 7.08. The van der Waals surface area contributed by atoms with Crippen molar-refractivity contribution in [3.8, 4) is 0 Å². The van der Waals surface area contributed by atoms with Gasteiger partial charge in [0.1, 0.15) is 0 Å². The van der Waals surface area contributed by atoms with E-state index in [0.717, 1.165) is 38.6 Å². The number of nitrogens with one attached hydrogen (secondary N) is 1. The summed E-state index contributed by atoms with van der Waals surface area (Å²) < 4.78 is 0. The van der Waals surface area contributed by atoms with Crippen LogP contribution < -0.4 is 10.2 Å². The monoisotopic (exact) mass is 449 g/mol. The number of rotatable bonds is 5. The summed E-state index contributed by atoms with van der Waals surface area (Å²) in [6, 6.07) is 19.6. The van der Waals surface area contributed by atoms with Crippen LogP contribution >= 0.6 is 11.8 Å². The zero-order chi connectivity index (χ0) is 21.8. The molecule has 3 atom stereocenters. The number of nitrogens with zero attached hydrogens (tertiary/aromatic N) is 2. The Bertz CT molecular complexity index is 897. The molecule has 3 aliphatic rings. The van der Waals surface area contributed by atoms with E-state index in [2.05, 4.69) is 69.7 Å². The van der Waals surface area contributed by atoms with Crippen LogP contribution in [0.15, 0.2) is 59.5 Å². The lowest BCUT2D eigenvalue weighted by Gasteiger charge is -2.37. The van der Waals surface area contributed by atoms with Crippen LogP contribution in [0, 0.1) is 11.8 Å². The largest absolute Gasteiger partial charge is 0.369 e. The second-order valence-electron chi connectivity index (χ2n) is 9.52. The molecule has 1 saturated heterocycles. The molecule has 2 aromatic carbocycles. The van der Waals surface area contributed by atoms with Crippen molar-refractivity contribution in [1.82, 2.24) is 10.2 Å². The zero-order valence-electron chi connectivity index (χ0n) is 18.9. The van der Waals surface area contributed by atoms with E-state index in [-0.39, 0.29) is 11.9 Å². The van der Waals surface area contributed by atoms with Gasteiger partial charge in [-0.2, -0.15) is 0 Å². The van der Waals surface area contributed by atoms with Gasteiger partial charge < -0.3 is 10.2 Å². The van der Waals surface area contributed by atoms with Gasteiger partial charge in [0.05, 0.1) is 6.04 Å². The van der Waals surface area contributed by atoms with Crippen molar-refractivity contribution in [3.63, 3.8) is 0 Å². The Morgan fingerprint density at radius 2 is 1.69 bits per heavy atom. The van der Waals surface area contributed by atoms with Gasteiger partial charge in [0.25, 0.3) is 0 Å². The molecule has 0 spiro atoms. The van der Waals surface area contributed by atoms with Crippen LogP contribution in [-0.2, 0) is 4.79 Å². The number of anilines is 1. The van der Waals surface area contributed by atoms with E-state index in [1.807, 2.05) is 11.8 Å². The van der Waals surface area contributed by atoms with E-state index < -0.39 is 0 Å². The first-order chi connectivity index (χ1) is 15.8. The maximum Gasteiger partial charge on any atom is 0.221 e. The summed E-state index contributed by atoms with van der Waals surface area (Å²) in [4.78, 5) is 19.3. The van der Waals surface area contributed by atoms with Crippen molar-refractivity contribution in [2.45, 2.75) is 43.0 Å². The highest BCUT2D eigenvalue weighted by Crippen LogP contribution is 2.46. The molecule has 1 saturated carbocycles. The molecule has 0 unspecified atom stereocenters. The number of fused-ring (bicyclic) bond motifs is 2. The molecule has 5 heteroatoms. The van der Waals surface area contributed by atoms with E-state index in [0.29, 0.717) is 12.3 Å². The third-order valence-corrected chi connectivity index (χ3v) is 8.85. The number of carbonyl (C=O) groups excluding carboxylic acids is 1. The fourth-order valence-electron chi connectivity index (χ4n) is 5.74. The second kappa shape index (κ2) is 10.3. The maximum absolute atomic E-state index is 13.1. The molecule has 2 fully saturated rings. The fraction of sp³-hybridized carbons (Fsp3) is 0.519. The number of hydrogen-bond acceptors (Lipinski definition) is 4. The van der Waals surface area contributed by atoms with Gasteiger partial charge >= 0.3 is 0 Å². The standard InChI is InChI=1S/C27H35N3OS/c31-26(14-15-29-16-18-30(19-17-29)22-9-2-1-3-10-22)28-27-23-11-5-4-8-21(23)20-32-25-13-7-6-12-24(25)27/h1-3,6-7,9-10,12-13,21,23,27H,4-5,8,11,14-20H2,(H,28,31)/t21-,23+,27+/m0/s1. The first-order valence-corrected chi connectivity index (χ1v) is 13.3. The van der Waals surface area contributed by atoms with E-state index in [9.17, 15) is 4.79 Å². The Balaban J connectivity index is 1.17. The number of hydrogen-bond donors (Lipinski definition) is 1. The third kappa shape index (κ3) is 4.99. The predicted octanol–water partition coefficient (Wildman–Crippen LogP) is 4.97. The lowest BCUT2D eigenvalue weighted by Crippen LogP contribution is -2.47. The van der Waals surface area contributed by atoms with Gasteiger partial charge in [-0.25, -0.2) is 0 Å². The Labute approximate surface area is 196 Å². The van der Waals surface area contributed by atoms with Crippen LogP contribution in [0.2, 0.25) is 0 Å². The molecule has 0 aromatic heterocycles. The molecule has 32 heavy (non-hydrogen) atoms. The number of piperazine rings is 1. The second-order valence-corrected chi connectivity index (χ2v) is 10.6. The molecule has 5 rings (SSSR count). The van der Waals surface area contributed by atoms with Crippen LogP contribution in [0.5, 0.6) is 0 Å². The maximum atomic E-state index is 13.1. The molecule has 4 nitrogen and oxygen atoms in total. The molecule has 1 N–H and O–H groups in total. The lowest BCUT2D eigenvalue weighted by atomic mass is 9.74. The van der Waals surface area contributed by atoms with Gasteiger partial charge in [0.15, 0.2) is 0 Å². The van der Waals surface area contributed by atoms with E-state index >= 15 is 0 Å². The minimum Gasteiger partial charge on any atom is -0.369 e. The van der Waals surface area contributed by atoms with Crippen LogP contribution in [0.1, 0.15) is 43.7 Å². The number of para-hydroxylation sites is 1. The van der Waals surface area contributed by atoms with E-state index in [1.165, 1.54) is 47.6 Å². The number of amides is 1. The minimum absolute atomic E-state index is 0.175. The highest BCUT2D eigenvalue weighted by molar-refractivity contribution is 7.99. The van der Waals surface area contributed by atoms with E-state index in [1.54, 1.807) is 0 Å². The van der Waals surface area contributed by atoms with Crippen molar-refractivity contribution in [3.05, 3.63) is 60.2 Å². The molecule has 170 valence electrons. The predicted molar refractivity (Wildman–Crippen MR) is 133 cm³/mol. The molecular formula is C27H35N3OS. The summed E-state index contributed by atoms with van der Waals surface area (Å²) >= 11 is 2.00. The van der Waals surface area contributed by atoms with Crippen LogP contribution in [-0.4, -0.2) is 49.3 Å². The molecule has 0 bridgehead atoms. The Morgan fingerprint density at radius 3 is 2.53 bits per heavy atom. The Hall–Kier alpha value is -1.98. The third-order valence-electron chi connectivity index (χ3n) is 7.57. The molecule has 1 amide bonds. The Morgan fingerprint density at radius 1 is 0.938 bits per heavy atom. The normalized spacial score (nSPS) is 26.0. The Kier molecular flexibility index (Phi) is 7.03. The zero-order valence-corrected chi connectivity index (χ0v) is 19.7. The van der Waals surface area contributed by atoms with Gasteiger partial charge in [0.2, 0.25) is 5.91 Å².